The van der Waals surface area contributed by atoms with Crippen LogP contribution in [-0.4, -0.2) is 39.4 Å². The average Bonchev–Trinajstić information content (AvgIpc) is 3.32. The highest BCUT2D eigenvalue weighted by atomic mass is 32.2. The quantitative estimate of drug-likeness (QED) is 0.506. The van der Waals surface area contributed by atoms with E-state index in [1.807, 2.05) is 42.5 Å². The van der Waals surface area contributed by atoms with Crippen LogP contribution in [0.15, 0.2) is 47.6 Å². The molecular formula is C18H17N5O2S. The first-order valence-corrected chi connectivity index (χ1v) is 8.96. The van der Waals surface area contributed by atoms with Crippen molar-refractivity contribution in [3.63, 3.8) is 0 Å². The number of fused-ring (bicyclic) bond motifs is 1. The summed E-state index contributed by atoms with van der Waals surface area (Å²) < 4.78 is 10.6. The molecule has 2 aromatic heterocycles. The highest BCUT2D eigenvalue weighted by molar-refractivity contribution is 7.98. The SMILES string of the molecule is COc1ccc(-c2nc(SCc3nc4ccccc4[nH]3)n[nH]2)c(OC)c1. The number of rotatable bonds is 6. The third kappa shape index (κ3) is 3.23. The van der Waals surface area contributed by atoms with E-state index in [1.54, 1.807) is 14.2 Å². The van der Waals surface area contributed by atoms with Gasteiger partial charge in [-0.25, -0.2) is 9.97 Å². The minimum absolute atomic E-state index is 0.650. The maximum Gasteiger partial charge on any atom is 0.209 e. The zero-order valence-corrected chi connectivity index (χ0v) is 15.1. The average molecular weight is 367 g/mol. The van der Waals surface area contributed by atoms with E-state index in [1.165, 1.54) is 11.8 Å². The van der Waals surface area contributed by atoms with Gasteiger partial charge in [0.05, 0.1) is 36.6 Å². The molecule has 0 saturated heterocycles. The van der Waals surface area contributed by atoms with Gasteiger partial charge >= 0.3 is 0 Å². The molecule has 0 bridgehead atoms. The van der Waals surface area contributed by atoms with E-state index < -0.39 is 0 Å². The third-order valence-corrected chi connectivity index (χ3v) is 4.76. The number of ether oxygens (including phenoxy) is 2. The minimum Gasteiger partial charge on any atom is -0.497 e. The van der Waals surface area contributed by atoms with Crippen molar-refractivity contribution >= 4 is 22.8 Å². The van der Waals surface area contributed by atoms with Crippen LogP contribution in [0.2, 0.25) is 0 Å². The van der Waals surface area contributed by atoms with Gasteiger partial charge in [0.1, 0.15) is 17.3 Å². The molecule has 0 unspecified atom stereocenters. The first-order valence-electron chi connectivity index (χ1n) is 7.98. The summed E-state index contributed by atoms with van der Waals surface area (Å²) in [5, 5.41) is 7.89. The zero-order valence-electron chi connectivity index (χ0n) is 14.3. The molecule has 0 saturated carbocycles. The van der Waals surface area contributed by atoms with Gasteiger partial charge in [-0.15, -0.1) is 5.10 Å². The number of nitrogens with one attached hydrogen (secondary N) is 2. The topological polar surface area (TPSA) is 88.7 Å². The highest BCUT2D eigenvalue weighted by Gasteiger charge is 2.13. The molecule has 7 nitrogen and oxygen atoms in total. The number of methoxy groups -OCH3 is 2. The lowest BCUT2D eigenvalue weighted by molar-refractivity contribution is 0.395. The summed E-state index contributed by atoms with van der Waals surface area (Å²) in [7, 11) is 3.24. The Morgan fingerprint density at radius 2 is 1.92 bits per heavy atom. The van der Waals surface area contributed by atoms with Crippen LogP contribution < -0.4 is 9.47 Å². The second-order valence-electron chi connectivity index (χ2n) is 5.52. The van der Waals surface area contributed by atoms with Gasteiger partial charge in [-0.3, -0.25) is 5.10 Å². The second-order valence-corrected chi connectivity index (χ2v) is 6.46. The molecular weight excluding hydrogens is 350 g/mol. The van der Waals surface area contributed by atoms with Gasteiger partial charge in [-0.2, -0.15) is 0 Å². The van der Waals surface area contributed by atoms with Crippen molar-refractivity contribution in [2.75, 3.05) is 14.2 Å². The fourth-order valence-electron chi connectivity index (χ4n) is 2.63. The number of H-pyrrole nitrogens is 2. The van der Waals surface area contributed by atoms with E-state index in [4.69, 9.17) is 9.47 Å². The molecule has 132 valence electrons. The van der Waals surface area contributed by atoms with Crippen molar-refractivity contribution in [1.29, 1.82) is 0 Å². The van der Waals surface area contributed by atoms with E-state index in [-0.39, 0.29) is 0 Å². The lowest BCUT2D eigenvalue weighted by Gasteiger charge is -2.07. The van der Waals surface area contributed by atoms with Crippen molar-refractivity contribution in [2.24, 2.45) is 0 Å². The molecule has 2 N–H and O–H groups in total. The van der Waals surface area contributed by atoms with Crippen molar-refractivity contribution in [3.8, 4) is 22.9 Å². The number of aromatic amines is 2. The number of para-hydroxylation sites is 2. The van der Waals surface area contributed by atoms with Gasteiger partial charge in [0, 0.05) is 6.07 Å². The molecule has 2 heterocycles. The van der Waals surface area contributed by atoms with Gasteiger partial charge in [0.15, 0.2) is 5.82 Å². The van der Waals surface area contributed by atoms with E-state index in [9.17, 15) is 0 Å². The predicted octanol–water partition coefficient (Wildman–Crippen LogP) is 3.66. The Morgan fingerprint density at radius 1 is 1.04 bits per heavy atom. The Labute approximate surface area is 154 Å². The van der Waals surface area contributed by atoms with Crippen LogP contribution in [0, 0.1) is 0 Å². The number of thioether (sulfide) groups is 1. The Kier molecular flexibility index (Phi) is 4.49. The molecule has 0 spiro atoms. The third-order valence-electron chi connectivity index (χ3n) is 3.91. The number of imidazole rings is 1. The van der Waals surface area contributed by atoms with Crippen LogP contribution in [0.25, 0.3) is 22.4 Å². The molecule has 0 aliphatic carbocycles. The lowest BCUT2D eigenvalue weighted by atomic mass is 10.2. The number of nitrogens with zero attached hydrogens (tertiary/aromatic N) is 3. The van der Waals surface area contributed by atoms with Crippen LogP contribution in [0.1, 0.15) is 5.82 Å². The molecule has 8 heteroatoms. The summed E-state index contributed by atoms with van der Waals surface area (Å²) in [6.07, 6.45) is 0. The smallest absolute Gasteiger partial charge is 0.209 e. The van der Waals surface area contributed by atoms with Crippen molar-refractivity contribution in [2.45, 2.75) is 10.9 Å². The van der Waals surface area contributed by atoms with Gasteiger partial charge in [-0.05, 0) is 24.3 Å². The fraction of sp³-hybridized carbons (Fsp3) is 0.167. The summed E-state index contributed by atoms with van der Waals surface area (Å²) in [5.74, 6) is 3.60. The van der Waals surface area contributed by atoms with Crippen LogP contribution in [0.4, 0.5) is 0 Å². The van der Waals surface area contributed by atoms with E-state index >= 15 is 0 Å². The van der Waals surface area contributed by atoms with Gasteiger partial charge < -0.3 is 14.5 Å². The summed E-state index contributed by atoms with van der Waals surface area (Å²) in [6.45, 7) is 0. The van der Waals surface area contributed by atoms with Crippen molar-refractivity contribution in [1.82, 2.24) is 25.1 Å². The van der Waals surface area contributed by atoms with E-state index in [0.717, 1.165) is 28.2 Å². The van der Waals surface area contributed by atoms with Crippen molar-refractivity contribution in [3.05, 3.63) is 48.3 Å². The first-order chi connectivity index (χ1) is 12.8. The number of hydrogen-bond acceptors (Lipinski definition) is 6. The van der Waals surface area contributed by atoms with Crippen LogP contribution >= 0.6 is 11.8 Å². The predicted molar refractivity (Wildman–Crippen MR) is 101 cm³/mol. The van der Waals surface area contributed by atoms with E-state index in [2.05, 4.69) is 25.1 Å². The number of aromatic nitrogens is 5. The van der Waals surface area contributed by atoms with Crippen LogP contribution in [-0.2, 0) is 5.75 Å². The molecule has 26 heavy (non-hydrogen) atoms. The molecule has 0 amide bonds. The van der Waals surface area contributed by atoms with E-state index in [0.29, 0.717) is 22.5 Å². The van der Waals surface area contributed by atoms with Gasteiger partial charge in [0.25, 0.3) is 0 Å². The molecule has 4 aromatic rings. The molecule has 4 rings (SSSR count). The highest BCUT2D eigenvalue weighted by Crippen LogP contribution is 2.32. The molecule has 0 aliphatic rings. The Bertz CT molecular complexity index is 1010. The maximum absolute atomic E-state index is 5.42. The van der Waals surface area contributed by atoms with Gasteiger partial charge in [0.2, 0.25) is 5.16 Å². The number of hydrogen-bond donors (Lipinski definition) is 2. The summed E-state index contributed by atoms with van der Waals surface area (Å²) in [4.78, 5) is 12.4. The first kappa shape index (κ1) is 16.5. The minimum atomic E-state index is 0.650. The Morgan fingerprint density at radius 3 is 2.73 bits per heavy atom. The maximum atomic E-state index is 5.42. The Balaban J connectivity index is 1.51. The second kappa shape index (κ2) is 7.09. The lowest BCUT2D eigenvalue weighted by Crippen LogP contribution is -1.91. The number of benzene rings is 2. The normalized spacial score (nSPS) is 11.0. The molecule has 0 aliphatic heterocycles. The van der Waals surface area contributed by atoms with Crippen LogP contribution in [0.3, 0.4) is 0 Å². The molecule has 0 fully saturated rings. The monoisotopic (exact) mass is 367 g/mol. The van der Waals surface area contributed by atoms with Crippen molar-refractivity contribution < 1.29 is 9.47 Å². The summed E-state index contributed by atoms with van der Waals surface area (Å²) >= 11 is 1.51. The molecule has 0 radical (unpaired) electrons. The Hall–Kier alpha value is -3.00. The van der Waals surface area contributed by atoms with Crippen LogP contribution in [0.5, 0.6) is 11.5 Å². The summed E-state index contributed by atoms with van der Waals surface area (Å²) in [6, 6.07) is 13.5. The standard InChI is InChI=1S/C18H17N5O2S/c1-24-11-7-8-12(15(9-11)25-2)17-21-18(23-22-17)26-10-16-19-13-5-3-4-6-14(13)20-16/h3-9H,10H2,1-2H3,(H,19,20)(H,21,22,23). The zero-order chi connectivity index (χ0) is 17.9. The fourth-order valence-corrected chi connectivity index (χ4v) is 3.30. The largest absolute Gasteiger partial charge is 0.497 e. The summed E-state index contributed by atoms with van der Waals surface area (Å²) in [5.41, 5.74) is 2.82. The molecule has 2 aromatic carbocycles. The molecule has 0 atom stereocenters. The van der Waals surface area contributed by atoms with Gasteiger partial charge in [-0.1, -0.05) is 23.9 Å².